The van der Waals surface area contributed by atoms with Gasteiger partial charge in [0.1, 0.15) is 5.82 Å². The molecule has 1 aliphatic carbocycles. The van der Waals surface area contributed by atoms with Gasteiger partial charge in [0.25, 0.3) is 11.8 Å². The third kappa shape index (κ3) is 2.76. The van der Waals surface area contributed by atoms with Crippen molar-refractivity contribution in [1.82, 2.24) is 15.1 Å². The quantitative estimate of drug-likeness (QED) is 0.902. The van der Waals surface area contributed by atoms with Crippen LogP contribution in [-0.4, -0.2) is 33.1 Å². The molecular formula is C17H17F3N4O2. The summed E-state index contributed by atoms with van der Waals surface area (Å²) in [6, 6.07) is 2.28. The molecule has 0 spiro atoms. The standard InChI is InChI=1S/C17H17F3N4O2/c18-11-6-8(15-22-23-16(26-15)14(19)20)5-9-10(11)7-24(17(9)25)13-4-2-1-3-12(13)21/h5-6,12-14H,1-4,7,21H2/t12-,13-/m1/s1. The van der Waals surface area contributed by atoms with Gasteiger partial charge in [-0.25, -0.2) is 4.39 Å². The van der Waals surface area contributed by atoms with E-state index >= 15 is 0 Å². The molecule has 4 rings (SSSR count). The van der Waals surface area contributed by atoms with Gasteiger partial charge in [0.15, 0.2) is 0 Å². The summed E-state index contributed by atoms with van der Waals surface area (Å²) in [6.07, 6.45) is 0.702. The van der Waals surface area contributed by atoms with Gasteiger partial charge in [-0.2, -0.15) is 8.78 Å². The smallest absolute Gasteiger partial charge is 0.314 e. The summed E-state index contributed by atoms with van der Waals surface area (Å²) >= 11 is 0. The molecule has 1 aromatic heterocycles. The highest BCUT2D eigenvalue weighted by Crippen LogP contribution is 2.34. The normalized spacial score (nSPS) is 23.0. The van der Waals surface area contributed by atoms with Crippen molar-refractivity contribution < 1.29 is 22.4 Å². The zero-order valence-electron chi connectivity index (χ0n) is 13.8. The van der Waals surface area contributed by atoms with E-state index in [0.717, 1.165) is 31.7 Å². The van der Waals surface area contributed by atoms with Crippen molar-refractivity contribution in [1.29, 1.82) is 0 Å². The van der Waals surface area contributed by atoms with Crippen LogP contribution >= 0.6 is 0 Å². The molecule has 1 aliphatic heterocycles. The Balaban J connectivity index is 1.67. The van der Waals surface area contributed by atoms with E-state index in [1.165, 1.54) is 6.07 Å². The monoisotopic (exact) mass is 366 g/mol. The Morgan fingerprint density at radius 3 is 2.69 bits per heavy atom. The van der Waals surface area contributed by atoms with Crippen LogP contribution in [-0.2, 0) is 6.54 Å². The number of hydrogen-bond acceptors (Lipinski definition) is 5. The zero-order chi connectivity index (χ0) is 18.4. The molecule has 0 radical (unpaired) electrons. The average Bonchev–Trinajstić information content (AvgIpc) is 3.22. The number of hydrogen-bond donors (Lipinski definition) is 1. The molecular weight excluding hydrogens is 349 g/mol. The van der Waals surface area contributed by atoms with Gasteiger partial charge >= 0.3 is 6.43 Å². The zero-order valence-corrected chi connectivity index (χ0v) is 13.8. The van der Waals surface area contributed by atoms with Gasteiger partial charge in [-0.3, -0.25) is 4.79 Å². The highest BCUT2D eigenvalue weighted by molar-refractivity contribution is 5.99. The van der Waals surface area contributed by atoms with E-state index in [2.05, 4.69) is 10.2 Å². The minimum absolute atomic E-state index is 0.101. The molecule has 1 saturated carbocycles. The third-order valence-corrected chi connectivity index (χ3v) is 5.07. The van der Waals surface area contributed by atoms with E-state index in [4.69, 9.17) is 10.2 Å². The number of rotatable bonds is 3. The lowest BCUT2D eigenvalue weighted by atomic mass is 9.90. The highest BCUT2D eigenvalue weighted by Gasteiger charge is 2.38. The van der Waals surface area contributed by atoms with Crippen LogP contribution in [0, 0.1) is 5.82 Å². The van der Waals surface area contributed by atoms with Gasteiger partial charge < -0.3 is 15.1 Å². The number of amides is 1. The summed E-state index contributed by atoms with van der Waals surface area (Å²) in [6.45, 7) is 0.158. The molecule has 2 atom stereocenters. The summed E-state index contributed by atoms with van der Waals surface area (Å²) in [5, 5.41) is 6.74. The molecule has 0 bridgehead atoms. The first-order valence-corrected chi connectivity index (χ1v) is 8.46. The van der Waals surface area contributed by atoms with E-state index in [1.54, 1.807) is 4.90 Å². The van der Waals surface area contributed by atoms with E-state index in [9.17, 15) is 18.0 Å². The molecule has 26 heavy (non-hydrogen) atoms. The van der Waals surface area contributed by atoms with Crippen LogP contribution in [0.25, 0.3) is 11.5 Å². The summed E-state index contributed by atoms with van der Waals surface area (Å²) in [7, 11) is 0. The first-order chi connectivity index (χ1) is 12.5. The molecule has 6 nitrogen and oxygen atoms in total. The fourth-order valence-electron chi connectivity index (χ4n) is 3.74. The van der Waals surface area contributed by atoms with Crippen molar-refractivity contribution in [3.8, 4) is 11.5 Å². The van der Waals surface area contributed by atoms with Crippen molar-refractivity contribution in [3.63, 3.8) is 0 Å². The molecule has 2 N–H and O–H groups in total. The van der Waals surface area contributed by atoms with E-state index in [-0.39, 0.29) is 47.1 Å². The Labute approximate surface area is 147 Å². The third-order valence-electron chi connectivity index (χ3n) is 5.07. The van der Waals surface area contributed by atoms with Crippen molar-refractivity contribution >= 4 is 5.91 Å². The minimum Gasteiger partial charge on any atom is -0.415 e. The number of nitrogens with two attached hydrogens (primary N) is 1. The average molecular weight is 366 g/mol. The lowest BCUT2D eigenvalue weighted by molar-refractivity contribution is 0.0630. The first-order valence-electron chi connectivity index (χ1n) is 8.46. The van der Waals surface area contributed by atoms with Crippen molar-refractivity contribution in [2.24, 2.45) is 5.73 Å². The van der Waals surface area contributed by atoms with Crippen LogP contribution in [0.1, 0.15) is 53.9 Å². The minimum atomic E-state index is -2.92. The fourth-order valence-corrected chi connectivity index (χ4v) is 3.74. The highest BCUT2D eigenvalue weighted by atomic mass is 19.3. The largest absolute Gasteiger partial charge is 0.415 e. The number of aromatic nitrogens is 2. The maximum absolute atomic E-state index is 14.6. The molecule has 138 valence electrons. The molecule has 0 unspecified atom stereocenters. The fraction of sp³-hybridized carbons (Fsp3) is 0.471. The maximum atomic E-state index is 14.6. The number of benzene rings is 1. The lowest BCUT2D eigenvalue weighted by Gasteiger charge is -2.35. The SMILES string of the molecule is N[C@@H]1CCCC[C@H]1N1Cc2c(F)cc(-c3nnc(C(F)F)o3)cc2C1=O. The van der Waals surface area contributed by atoms with Crippen molar-refractivity contribution in [3.05, 3.63) is 35.0 Å². The number of fused-ring (bicyclic) bond motifs is 1. The van der Waals surface area contributed by atoms with Gasteiger partial charge in [-0.05, 0) is 25.0 Å². The lowest BCUT2D eigenvalue weighted by Crippen LogP contribution is -2.49. The second-order valence-corrected chi connectivity index (χ2v) is 6.68. The Kier molecular flexibility index (Phi) is 4.18. The van der Waals surface area contributed by atoms with Crippen LogP contribution in [0.2, 0.25) is 0 Å². The summed E-state index contributed by atoms with van der Waals surface area (Å²) in [5.74, 6) is -2.00. The second kappa shape index (κ2) is 6.39. The van der Waals surface area contributed by atoms with Gasteiger partial charge in [-0.1, -0.05) is 12.8 Å². The molecule has 1 fully saturated rings. The predicted molar refractivity (Wildman–Crippen MR) is 84.8 cm³/mol. The van der Waals surface area contributed by atoms with Gasteiger partial charge in [0, 0.05) is 28.8 Å². The summed E-state index contributed by atoms with van der Waals surface area (Å²) in [4.78, 5) is 14.4. The molecule has 2 heterocycles. The molecule has 0 saturated heterocycles. The molecule has 9 heteroatoms. The van der Waals surface area contributed by atoms with Crippen LogP contribution in [0.15, 0.2) is 16.5 Å². The summed E-state index contributed by atoms with van der Waals surface area (Å²) in [5.41, 5.74) is 6.73. The molecule has 2 aromatic rings. The number of nitrogens with zero attached hydrogens (tertiary/aromatic N) is 3. The van der Waals surface area contributed by atoms with Gasteiger partial charge in [-0.15, -0.1) is 10.2 Å². The maximum Gasteiger partial charge on any atom is 0.314 e. The van der Waals surface area contributed by atoms with Crippen LogP contribution in [0.5, 0.6) is 0 Å². The Hall–Kier alpha value is -2.42. The number of carbonyl (C=O) groups is 1. The van der Waals surface area contributed by atoms with E-state index < -0.39 is 18.1 Å². The van der Waals surface area contributed by atoms with Crippen molar-refractivity contribution in [2.75, 3.05) is 0 Å². The first kappa shape index (κ1) is 17.0. The van der Waals surface area contributed by atoms with Crippen LogP contribution in [0.3, 0.4) is 0 Å². The Morgan fingerprint density at radius 1 is 1.23 bits per heavy atom. The molecule has 1 amide bonds. The number of carbonyl (C=O) groups excluding carboxylic acids is 1. The second-order valence-electron chi connectivity index (χ2n) is 6.68. The van der Waals surface area contributed by atoms with Crippen molar-refractivity contribution in [2.45, 2.75) is 50.7 Å². The van der Waals surface area contributed by atoms with E-state index in [1.807, 2.05) is 0 Å². The van der Waals surface area contributed by atoms with Gasteiger partial charge in [0.05, 0.1) is 6.54 Å². The van der Waals surface area contributed by atoms with Crippen LogP contribution < -0.4 is 5.73 Å². The Morgan fingerprint density at radius 2 is 2.00 bits per heavy atom. The number of alkyl halides is 2. The van der Waals surface area contributed by atoms with Gasteiger partial charge in [0.2, 0.25) is 5.89 Å². The predicted octanol–water partition coefficient (Wildman–Crippen LogP) is 3.04. The Bertz CT molecular complexity index is 855. The molecule has 1 aromatic carbocycles. The van der Waals surface area contributed by atoms with E-state index in [0.29, 0.717) is 0 Å². The number of halogens is 3. The molecule has 2 aliphatic rings. The van der Waals surface area contributed by atoms with Crippen LogP contribution in [0.4, 0.5) is 13.2 Å². The summed E-state index contributed by atoms with van der Waals surface area (Å²) < 4.78 is 44.6. The topological polar surface area (TPSA) is 85.2 Å².